The lowest BCUT2D eigenvalue weighted by Crippen LogP contribution is -2.54. The minimum atomic E-state index is -0.321. The summed E-state index contributed by atoms with van der Waals surface area (Å²) in [5.74, 6) is 1.04. The van der Waals surface area contributed by atoms with Crippen molar-refractivity contribution in [1.29, 1.82) is 10.5 Å². The summed E-state index contributed by atoms with van der Waals surface area (Å²) >= 11 is 0. The number of nitrogen functional groups attached to an aromatic ring is 1. The smallest absolute Gasteiger partial charge is 0.283 e. The fourth-order valence-electron chi connectivity index (χ4n) is 4.80. The van der Waals surface area contributed by atoms with Gasteiger partial charge in [0.15, 0.2) is 11.6 Å². The van der Waals surface area contributed by atoms with E-state index in [1.54, 1.807) is 16.8 Å². The molecule has 33 heavy (non-hydrogen) atoms. The molecule has 1 aliphatic carbocycles. The molecule has 0 radical (unpaired) electrons. The van der Waals surface area contributed by atoms with Crippen LogP contribution >= 0.6 is 0 Å². The van der Waals surface area contributed by atoms with E-state index in [1.807, 2.05) is 35.2 Å². The minimum Gasteiger partial charge on any atom is -0.368 e. The van der Waals surface area contributed by atoms with Crippen molar-refractivity contribution in [2.24, 2.45) is 5.41 Å². The van der Waals surface area contributed by atoms with E-state index in [2.05, 4.69) is 22.1 Å². The van der Waals surface area contributed by atoms with E-state index < -0.39 is 0 Å². The Bertz CT molecular complexity index is 1570. The number of nitrogens with zero attached hydrogens (tertiary/aromatic N) is 8. The zero-order chi connectivity index (χ0) is 22.7. The second-order valence-corrected chi connectivity index (χ2v) is 8.44. The fraction of sp³-hybridized carbons (Fsp3) is 0.217. The molecule has 2 aliphatic rings. The van der Waals surface area contributed by atoms with Gasteiger partial charge in [-0.25, -0.2) is 9.50 Å². The van der Waals surface area contributed by atoms with Gasteiger partial charge in [-0.15, -0.1) is 0 Å². The highest BCUT2D eigenvalue weighted by atomic mass is 16.1. The molecular weight excluding hydrogens is 418 g/mol. The Labute approximate surface area is 187 Å². The van der Waals surface area contributed by atoms with Gasteiger partial charge in [-0.05, 0) is 31.0 Å². The van der Waals surface area contributed by atoms with Crippen molar-refractivity contribution < 1.29 is 0 Å². The Hall–Kier alpha value is -4.70. The second kappa shape index (κ2) is 6.65. The zero-order valence-corrected chi connectivity index (χ0v) is 17.4. The van der Waals surface area contributed by atoms with E-state index in [0.717, 1.165) is 12.8 Å². The van der Waals surface area contributed by atoms with Gasteiger partial charge in [-0.2, -0.15) is 20.6 Å². The summed E-state index contributed by atoms with van der Waals surface area (Å²) in [6.45, 7) is 0.681. The number of para-hydroxylation sites is 1. The minimum absolute atomic E-state index is 0.0543. The van der Waals surface area contributed by atoms with Gasteiger partial charge < -0.3 is 10.6 Å². The molecule has 1 atom stereocenters. The molecule has 10 nitrogen and oxygen atoms in total. The van der Waals surface area contributed by atoms with Crippen LogP contribution in [-0.2, 0) is 0 Å². The topological polar surface area (TPSA) is 142 Å². The van der Waals surface area contributed by atoms with E-state index >= 15 is 0 Å². The van der Waals surface area contributed by atoms with Gasteiger partial charge >= 0.3 is 0 Å². The summed E-state index contributed by atoms with van der Waals surface area (Å²) < 4.78 is 3.05. The molecule has 0 unspecified atom stereocenters. The average molecular weight is 435 g/mol. The molecule has 6 rings (SSSR count). The number of anilines is 2. The fourth-order valence-corrected chi connectivity index (χ4v) is 4.80. The molecule has 2 N–H and O–H groups in total. The molecule has 1 spiro atoms. The highest BCUT2D eigenvalue weighted by molar-refractivity contribution is 5.63. The zero-order valence-electron chi connectivity index (χ0n) is 17.4. The van der Waals surface area contributed by atoms with E-state index in [1.165, 1.54) is 10.7 Å². The van der Waals surface area contributed by atoms with Crippen molar-refractivity contribution in [3.63, 3.8) is 0 Å². The van der Waals surface area contributed by atoms with Crippen molar-refractivity contribution in [3.8, 4) is 17.8 Å². The maximum absolute atomic E-state index is 13.7. The van der Waals surface area contributed by atoms with Crippen LogP contribution in [0, 0.1) is 28.1 Å². The Kier molecular flexibility index (Phi) is 3.83. The molecule has 1 saturated carbocycles. The Balaban J connectivity index is 1.62. The number of hydrogen-bond donors (Lipinski definition) is 1. The highest BCUT2D eigenvalue weighted by Gasteiger charge is 2.63. The van der Waals surface area contributed by atoms with Gasteiger partial charge in [-0.1, -0.05) is 18.2 Å². The quantitative estimate of drug-likeness (QED) is 0.514. The van der Waals surface area contributed by atoms with Crippen LogP contribution in [0.25, 0.3) is 11.2 Å². The maximum atomic E-state index is 13.7. The third-order valence-electron chi connectivity index (χ3n) is 6.54. The molecule has 4 aromatic rings. The molecule has 4 heterocycles. The number of benzene rings is 1. The number of nitriles is 2. The molecule has 0 amide bonds. The second-order valence-electron chi connectivity index (χ2n) is 8.44. The van der Waals surface area contributed by atoms with Gasteiger partial charge in [-0.3, -0.25) is 9.36 Å². The van der Waals surface area contributed by atoms with Crippen LogP contribution < -0.4 is 16.2 Å². The Morgan fingerprint density at radius 3 is 2.55 bits per heavy atom. The van der Waals surface area contributed by atoms with E-state index in [9.17, 15) is 15.3 Å². The first-order chi connectivity index (χ1) is 16.1. The van der Waals surface area contributed by atoms with E-state index in [4.69, 9.17) is 10.8 Å². The lowest BCUT2D eigenvalue weighted by Gasteiger charge is -2.49. The van der Waals surface area contributed by atoms with Crippen LogP contribution in [0.1, 0.15) is 35.8 Å². The summed E-state index contributed by atoms with van der Waals surface area (Å²) in [6.07, 6.45) is 5.00. The molecule has 1 aliphatic heterocycles. The Morgan fingerprint density at radius 1 is 1.09 bits per heavy atom. The normalized spacial score (nSPS) is 18.0. The number of fused-ring (bicyclic) bond motifs is 1. The third-order valence-corrected chi connectivity index (χ3v) is 6.54. The van der Waals surface area contributed by atoms with Crippen molar-refractivity contribution in [3.05, 3.63) is 76.1 Å². The molecular formula is C23H17N9O. The van der Waals surface area contributed by atoms with Gasteiger partial charge in [0.1, 0.15) is 23.2 Å². The van der Waals surface area contributed by atoms with Gasteiger partial charge in [0.2, 0.25) is 5.95 Å². The molecule has 160 valence electrons. The molecule has 1 saturated heterocycles. The number of aromatic nitrogens is 5. The lowest BCUT2D eigenvalue weighted by atomic mass is 9.83. The summed E-state index contributed by atoms with van der Waals surface area (Å²) in [5.41, 5.74) is 6.93. The third kappa shape index (κ3) is 2.64. The SMILES string of the molecule is N#Cc1cnc(N)nc1N1CC2(CC2)[C@H]1c1nn2ccc(C#N)c2c(=O)n1-c1ccccc1. The average Bonchev–Trinajstić information content (AvgIpc) is 3.53. The highest BCUT2D eigenvalue weighted by Crippen LogP contribution is 2.65. The first kappa shape index (κ1) is 19.0. The van der Waals surface area contributed by atoms with Crippen LogP contribution in [0.3, 0.4) is 0 Å². The lowest BCUT2D eigenvalue weighted by molar-refractivity contribution is 0.251. The summed E-state index contributed by atoms with van der Waals surface area (Å²) in [6, 6.07) is 14.8. The maximum Gasteiger partial charge on any atom is 0.283 e. The molecule has 3 aromatic heterocycles. The molecule has 1 aromatic carbocycles. The van der Waals surface area contributed by atoms with Gasteiger partial charge in [0, 0.05) is 18.2 Å². The number of hydrogen-bond acceptors (Lipinski definition) is 8. The predicted octanol–water partition coefficient (Wildman–Crippen LogP) is 1.94. The van der Waals surface area contributed by atoms with Gasteiger partial charge in [0.05, 0.1) is 23.5 Å². The van der Waals surface area contributed by atoms with Crippen molar-refractivity contribution >= 4 is 17.3 Å². The van der Waals surface area contributed by atoms with Crippen molar-refractivity contribution in [2.75, 3.05) is 17.2 Å². The van der Waals surface area contributed by atoms with Crippen LogP contribution in [0.2, 0.25) is 0 Å². The summed E-state index contributed by atoms with van der Waals surface area (Å²) in [7, 11) is 0. The van der Waals surface area contributed by atoms with E-state index in [-0.39, 0.29) is 34.0 Å². The first-order valence-corrected chi connectivity index (χ1v) is 10.5. The van der Waals surface area contributed by atoms with E-state index in [0.29, 0.717) is 29.4 Å². The standard InChI is InChI=1S/C23H17N9O/c24-10-14-6-9-31-17(14)21(33)32(16-4-2-1-3-5-16)20(29-31)18-23(7-8-23)13-30(18)19-15(11-25)12-27-22(26)28-19/h1-6,9,12,18H,7-8,13H2,(H2,26,27,28)/t18-/m1/s1. The molecule has 0 bridgehead atoms. The van der Waals surface area contributed by atoms with Crippen LogP contribution in [-0.4, -0.2) is 30.7 Å². The summed E-state index contributed by atoms with van der Waals surface area (Å²) in [4.78, 5) is 24.0. The molecule has 10 heteroatoms. The van der Waals surface area contributed by atoms with Crippen LogP contribution in [0.5, 0.6) is 0 Å². The largest absolute Gasteiger partial charge is 0.368 e. The predicted molar refractivity (Wildman–Crippen MR) is 118 cm³/mol. The number of rotatable bonds is 3. The van der Waals surface area contributed by atoms with Crippen molar-refractivity contribution in [2.45, 2.75) is 18.9 Å². The van der Waals surface area contributed by atoms with Crippen LogP contribution in [0.15, 0.2) is 53.6 Å². The Morgan fingerprint density at radius 2 is 1.85 bits per heavy atom. The van der Waals surface area contributed by atoms with Crippen LogP contribution in [0.4, 0.5) is 11.8 Å². The monoisotopic (exact) mass is 435 g/mol. The van der Waals surface area contributed by atoms with Gasteiger partial charge in [0.25, 0.3) is 5.56 Å². The summed E-state index contributed by atoms with van der Waals surface area (Å²) in [5, 5.41) is 24.0. The first-order valence-electron chi connectivity index (χ1n) is 10.5. The molecule has 2 fully saturated rings. The van der Waals surface area contributed by atoms with Crippen molar-refractivity contribution in [1.82, 2.24) is 24.1 Å². The number of nitrogens with two attached hydrogens (primary N) is 1.